The molecule has 2 unspecified atom stereocenters. The molecule has 0 amide bonds. The van der Waals surface area contributed by atoms with Gasteiger partial charge in [0.1, 0.15) is 0 Å². The van der Waals surface area contributed by atoms with Gasteiger partial charge in [0.25, 0.3) is 0 Å². The average molecular weight is 184 g/mol. The van der Waals surface area contributed by atoms with E-state index in [0.29, 0.717) is 0 Å². The number of hydrogen-bond donors (Lipinski definition) is 1. The smallest absolute Gasteiger partial charge is 0.0207 e. The van der Waals surface area contributed by atoms with E-state index in [1.54, 1.807) is 0 Å². The van der Waals surface area contributed by atoms with Crippen molar-refractivity contribution in [2.45, 2.75) is 52.1 Å². The van der Waals surface area contributed by atoms with Crippen LogP contribution in [-0.2, 0) is 0 Å². The predicted octanol–water partition coefficient (Wildman–Crippen LogP) is 1.86. The van der Waals surface area contributed by atoms with E-state index < -0.39 is 0 Å². The summed E-state index contributed by atoms with van der Waals surface area (Å²) < 4.78 is 0. The molecule has 1 fully saturated rings. The molecule has 0 radical (unpaired) electrons. The van der Waals surface area contributed by atoms with E-state index in [1.807, 2.05) is 0 Å². The maximum Gasteiger partial charge on any atom is 0.0207 e. The van der Waals surface area contributed by atoms with Crippen molar-refractivity contribution in [2.75, 3.05) is 19.6 Å². The van der Waals surface area contributed by atoms with Crippen molar-refractivity contribution >= 4 is 0 Å². The number of likely N-dealkylation sites (tertiary alicyclic amines) is 1. The van der Waals surface area contributed by atoms with Gasteiger partial charge in [0.15, 0.2) is 0 Å². The first kappa shape index (κ1) is 11.0. The van der Waals surface area contributed by atoms with Crippen LogP contribution >= 0.6 is 0 Å². The molecule has 13 heavy (non-hydrogen) atoms. The molecule has 1 aliphatic heterocycles. The Labute approximate surface area is 82.7 Å². The zero-order valence-corrected chi connectivity index (χ0v) is 9.34. The van der Waals surface area contributed by atoms with Crippen molar-refractivity contribution in [1.29, 1.82) is 0 Å². The van der Waals surface area contributed by atoms with Crippen molar-refractivity contribution in [3.05, 3.63) is 0 Å². The van der Waals surface area contributed by atoms with E-state index in [2.05, 4.69) is 31.0 Å². The average Bonchev–Trinajstić information content (AvgIpc) is 2.62. The summed E-state index contributed by atoms with van der Waals surface area (Å²) in [6.07, 6.45) is 3.87. The second-order valence-corrected chi connectivity index (χ2v) is 4.19. The first-order valence-corrected chi connectivity index (χ1v) is 5.75. The fraction of sp³-hybridized carbons (Fsp3) is 1.00. The lowest BCUT2D eigenvalue weighted by atomic mass is 10.2. The van der Waals surface area contributed by atoms with Crippen LogP contribution in [0.25, 0.3) is 0 Å². The molecule has 1 saturated heterocycles. The van der Waals surface area contributed by atoms with E-state index >= 15 is 0 Å². The van der Waals surface area contributed by atoms with Gasteiger partial charge in [0, 0.05) is 25.2 Å². The normalized spacial score (nSPS) is 26.5. The molecule has 0 spiro atoms. The highest BCUT2D eigenvalue weighted by Crippen LogP contribution is 2.14. The standard InChI is InChI=1S/C11H24N2/c1-4-7-12-11-6-8-13(9-11)10(3)5-2/h10-12H,4-9H2,1-3H3. The minimum Gasteiger partial charge on any atom is -0.313 e. The van der Waals surface area contributed by atoms with E-state index in [4.69, 9.17) is 0 Å². The van der Waals surface area contributed by atoms with Gasteiger partial charge in [-0.05, 0) is 32.7 Å². The molecule has 0 bridgehead atoms. The molecular weight excluding hydrogens is 160 g/mol. The summed E-state index contributed by atoms with van der Waals surface area (Å²) >= 11 is 0. The van der Waals surface area contributed by atoms with Crippen molar-refractivity contribution in [1.82, 2.24) is 10.2 Å². The molecule has 0 aromatic rings. The summed E-state index contributed by atoms with van der Waals surface area (Å²) in [6, 6.07) is 1.53. The van der Waals surface area contributed by atoms with Gasteiger partial charge in [0.2, 0.25) is 0 Å². The van der Waals surface area contributed by atoms with Crippen molar-refractivity contribution in [3.8, 4) is 0 Å². The summed E-state index contributed by atoms with van der Waals surface area (Å²) in [5, 5.41) is 3.60. The van der Waals surface area contributed by atoms with E-state index in [0.717, 1.165) is 12.1 Å². The molecule has 78 valence electrons. The minimum atomic E-state index is 0.758. The molecule has 1 heterocycles. The minimum absolute atomic E-state index is 0.758. The van der Waals surface area contributed by atoms with Gasteiger partial charge in [-0.1, -0.05) is 13.8 Å². The van der Waals surface area contributed by atoms with Crippen molar-refractivity contribution in [3.63, 3.8) is 0 Å². The summed E-state index contributed by atoms with van der Waals surface area (Å²) in [5.74, 6) is 0. The number of hydrogen-bond acceptors (Lipinski definition) is 2. The summed E-state index contributed by atoms with van der Waals surface area (Å²) in [7, 11) is 0. The van der Waals surface area contributed by atoms with Crippen LogP contribution in [0, 0.1) is 0 Å². The van der Waals surface area contributed by atoms with Crippen LogP contribution < -0.4 is 5.32 Å². The van der Waals surface area contributed by atoms with Crippen LogP contribution in [0.5, 0.6) is 0 Å². The van der Waals surface area contributed by atoms with Gasteiger partial charge in [-0.2, -0.15) is 0 Å². The highest BCUT2D eigenvalue weighted by molar-refractivity contribution is 4.83. The fourth-order valence-electron chi connectivity index (χ4n) is 1.96. The molecule has 0 saturated carbocycles. The third kappa shape index (κ3) is 3.28. The molecule has 2 heteroatoms. The zero-order valence-electron chi connectivity index (χ0n) is 9.34. The molecule has 1 rings (SSSR count). The Kier molecular flexibility index (Phi) is 4.74. The topological polar surface area (TPSA) is 15.3 Å². The molecule has 0 aromatic carbocycles. The van der Waals surface area contributed by atoms with Gasteiger partial charge in [-0.25, -0.2) is 0 Å². The molecule has 1 aliphatic rings. The molecule has 2 nitrogen and oxygen atoms in total. The van der Waals surface area contributed by atoms with Crippen LogP contribution in [0.15, 0.2) is 0 Å². The lowest BCUT2D eigenvalue weighted by Crippen LogP contribution is -2.36. The predicted molar refractivity (Wildman–Crippen MR) is 58.0 cm³/mol. The monoisotopic (exact) mass is 184 g/mol. The molecular formula is C11H24N2. The fourth-order valence-corrected chi connectivity index (χ4v) is 1.96. The van der Waals surface area contributed by atoms with E-state index in [-0.39, 0.29) is 0 Å². The lowest BCUT2D eigenvalue weighted by molar-refractivity contribution is 0.246. The van der Waals surface area contributed by atoms with Crippen LogP contribution in [-0.4, -0.2) is 36.6 Å². The van der Waals surface area contributed by atoms with Crippen molar-refractivity contribution in [2.24, 2.45) is 0 Å². The summed E-state index contributed by atoms with van der Waals surface area (Å²) in [4.78, 5) is 2.60. The highest BCUT2D eigenvalue weighted by atomic mass is 15.2. The van der Waals surface area contributed by atoms with Gasteiger partial charge >= 0.3 is 0 Å². The van der Waals surface area contributed by atoms with Crippen LogP contribution in [0.2, 0.25) is 0 Å². The Morgan fingerprint density at radius 2 is 2.23 bits per heavy atom. The number of nitrogens with one attached hydrogen (secondary N) is 1. The maximum absolute atomic E-state index is 3.60. The SMILES string of the molecule is CCCNC1CCN(C(C)CC)C1. The lowest BCUT2D eigenvalue weighted by Gasteiger charge is -2.23. The van der Waals surface area contributed by atoms with Gasteiger partial charge < -0.3 is 5.32 Å². The largest absolute Gasteiger partial charge is 0.313 e. The Balaban J connectivity index is 2.19. The Morgan fingerprint density at radius 3 is 2.85 bits per heavy atom. The molecule has 0 aromatic heterocycles. The Hall–Kier alpha value is -0.0800. The quantitative estimate of drug-likeness (QED) is 0.701. The zero-order chi connectivity index (χ0) is 9.68. The number of nitrogens with zero attached hydrogens (tertiary/aromatic N) is 1. The molecule has 1 N–H and O–H groups in total. The second-order valence-electron chi connectivity index (χ2n) is 4.19. The van der Waals surface area contributed by atoms with Gasteiger partial charge in [-0.15, -0.1) is 0 Å². The third-order valence-corrected chi connectivity index (χ3v) is 3.12. The van der Waals surface area contributed by atoms with E-state index in [9.17, 15) is 0 Å². The van der Waals surface area contributed by atoms with Crippen molar-refractivity contribution < 1.29 is 0 Å². The Morgan fingerprint density at radius 1 is 1.46 bits per heavy atom. The summed E-state index contributed by atoms with van der Waals surface area (Å²) in [5.41, 5.74) is 0. The maximum atomic E-state index is 3.60. The second kappa shape index (κ2) is 5.61. The highest BCUT2D eigenvalue weighted by Gasteiger charge is 2.24. The molecule has 0 aliphatic carbocycles. The Bertz CT molecular complexity index is 136. The van der Waals surface area contributed by atoms with Crippen LogP contribution in [0.4, 0.5) is 0 Å². The van der Waals surface area contributed by atoms with Crippen LogP contribution in [0.3, 0.4) is 0 Å². The van der Waals surface area contributed by atoms with E-state index in [1.165, 1.54) is 38.9 Å². The first-order valence-electron chi connectivity index (χ1n) is 5.75. The number of rotatable bonds is 5. The molecule has 2 atom stereocenters. The summed E-state index contributed by atoms with van der Waals surface area (Å²) in [6.45, 7) is 10.6. The first-order chi connectivity index (χ1) is 6.27. The van der Waals surface area contributed by atoms with Crippen LogP contribution in [0.1, 0.15) is 40.0 Å². The third-order valence-electron chi connectivity index (χ3n) is 3.12. The van der Waals surface area contributed by atoms with Gasteiger partial charge in [0.05, 0.1) is 0 Å². The van der Waals surface area contributed by atoms with Gasteiger partial charge in [-0.3, -0.25) is 4.90 Å².